The van der Waals surface area contributed by atoms with Crippen LogP contribution in [0.3, 0.4) is 0 Å². The van der Waals surface area contributed by atoms with Gasteiger partial charge in [0.05, 0.1) is 25.2 Å². The zero-order valence-corrected chi connectivity index (χ0v) is 40.1. The smallest absolute Gasteiger partial charge is 0.306 e. The molecule has 6 nitrogen and oxygen atoms in total. The number of esters is 1. The van der Waals surface area contributed by atoms with Gasteiger partial charge in [-0.05, 0) is 63.9 Å². The highest BCUT2D eigenvalue weighted by Gasteiger charge is 2.23. The fourth-order valence-corrected chi connectivity index (χ4v) is 7.92. The summed E-state index contributed by atoms with van der Waals surface area (Å²) < 4.78 is 5.81. The number of rotatable bonds is 47. The summed E-state index contributed by atoms with van der Waals surface area (Å²) >= 11 is 0. The van der Waals surface area contributed by atoms with Crippen molar-refractivity contribution in [2.75, 3.05) is 6.61 Å². The van der Waals surface area contributed by atoms with Gasteiger partial charge < -0.3 is 20.3 Å². The standard InChI is InChI=1S/C54H101NO5/c1-4-7-10-13-16-19-22-24-25-26-27-29-31-34-37-40-43-46-52(57)51(49-56)55-53(58)48-50(45-42-39-36-33-30-21-18-15-12-9-6-3)60-54(59)47-44-41-38-35-32-28-23-20-17-14-11-8-5-2/h28,32-33,36,42,45,50-52,56-57H,4-27,29-31,34-35,37-41,43-44,46-49H2,1-3H3,(H,55,58)/b32-28-,36-33-,45-42+. The van der Waals surface area contributed by atoms with Gasteiger partial charge in [0.1, 0.15) is 6.10 Å². The summed E-state index contributed by atoms with van der Waals surface area (Å²) in [4.78, 5) is 26.0. The third-order valence-corrected chi connectivity index (χ3v) is 11.9. The molecule has 1 amide bonds. The molecule has 3 unspecified atom stereocenters. The Balaban J connectivity index is 4.55. The molecule has 0 rings (SSSR count). The summed E-state index contributed by atoms with van der Waals surface area (Å²) in [6.07, 6.45) is 56.7. The Kier molecular flexibility index (Phi) is 46.6. The highest BCUT2D eigenvalue weighted by Crippen LogP contribution is 2.16. The summed E-state index contributed by atoms with van der Waals surface area (Å²) in [5.74, 6) is -0.614. The van der Waals surface area contributed by atoms with Crippen molar-refractivity contribution in [3.63, 3.8) is 0 Å². The highest BCUT2D eigenvalue weighted by molar-refractivity contribution is 5.78. The molecular formula is C54H101NO5. The predicted molar refractivity (Wildman–Crippen MR) is 259 cm³/mol. The summed E-state index contributed by atoms with van der Waals surface area (Å²) in [6, 6.07) is -0.733. The first-order valence-electron chi connectivity index (χ1n) is 26.2. The first-order valence-corrected chi connectivity index (χ1v) is 26.2. The second kappa shape index (κ2) is 48.1. The summed E-state index contributed by atoms with van der Waals surface area (Å²) in [7, 11) is 0. The van der Waals surface area contributed by atoms with Crippen LogP contribution in [0.25, 0.3) is 0 Å². The Labute approximate surface area is 373 Å². The molecule has 60 heavy (non-hydrogen) atoms. The summed E-state index contributed by atoms with van der Waals surface area (Å²) in [6.45, 7) is 6.45. The zero-order chi connectivity index (χ0) is 43.8. The Hall–Kier alpha value is -1.92. The zero-order valence-electron chi connectivity index (χ0n) is 40.1. The monoisotopic (exact) mass is 844 g/mol. The normalized spacial score (nSPS) is 13.5. The number of unbranched alkanes of at least 4 members (excludes halogenated alkanes) is 31. The van der Waals surface area contributed by atoms with Crippen molar-refractivity contribution in [3.8, 4) is 0 Å². The van der Waals surface area contributed by atoms with Gasteiger partial charge in [0.15, 0.2) is 0 Å². The molecule has 0 aromatic carbocycles. The van der Waals surface area contributed by atoms with E-state index in [9.17, 15) is 19.8 Å². The van der Waals surface area contributed by atoms with E-state index in [2.05, 4.69) is 50.4 Å². The Bertz CT molecular complexity index is 993. The van der Waals surface area contributed by atoms with Crippen LogP contribution in [-0.2, 0) is 14.3 Å². The van der Waals surface area contributed by atoms with E-state index >= 15 is 0 Å². The van der Waals surface area contributed by atoms with Crippen molar-refractivity contribution >= 4 is 11.9 Å². The molecule has 0 aliphatic carbocycles. The lowest BCUT2D eigenvalue weighted by molar-refractivity contribution is -0.148. The molecule has 0 bridgehead atoms. The number of amides is 1. The number of carbonyl (C=O) groups excluding carboxylic acids is 2. The lowest BCUT2D eigenvalue weighted by Gasteiger charge is -2.23. The fraction of sp³-hybridized carbons (Fsp3) is 0.852. The summed E-state index contributed by atoms with van der Waals surface area (Å²) in [5, 5.41) is 23.7. The van der Waals surface area contributed by atoms with Crippen LogP contribution in [0.2, 0.25) is 0 Å². The van der Waals surface area contributed by atoms with Gasteiger partial charge in [0, 0.05) is 6.42 Å². The molecule has 0 fully saturated rings. The van der Waals surface area contributed by atoms with Crippen LogP contribution in [0.5, 0.6) is 0 Å². The van der Waals surface area contributed by atoms with Crippen LogP contribution in [0.4, 0.5) is 0 Å². The first-order chi connectivity index (χ1) is 29.5. The second-order valence-corrected chi connectivity index (χ2v) is 17.9. The number of allylic oxidation sites excluding steroid dienone is 5. The molecule has 0 aliphatic heterocycles. The van der Waals surface area contributed by atoms with Gasteiger partial charge in [-0.1, -0.05) is 231 Å². The number of nitrogens with one attached hydrogen (secondary N) is 1. The lowest BCUT2D eigenvalue weighted by Crippen LogP contribution is -2.46. The van der Waals surface area contributed by atoms with Crippen molar-refractivity contribution in [1.29, 1.82) is 0 Å². The second-order valence-electron chi connectivity index (χ2n) is 17.9. The molecule has 0 radical (unpaired) electrons. The first kappa shape index (κ1) is 58.1. The van der Waals surface area contributed by atoms with Gasteiger partial charge >= 0.3 is 5.97 Å². The van der Waals surface area contributed by atoms with Crippen LogP contribution >= 0.6 is 0 Å². The fourth-order valence-electron chi connectivity index (χ4n) is 7.92. The SMILES string of the molecule is CCCCCCCC/C=C\C/C=C/C(CC(=O)NC(CO)C(O)CCCCCCCCCCCCCCCCCCC)OC(=O)CCCCC/C=C\CCCCCCCC. The lowest BCUT2D eigenvalue weighted by atomic mass is 10.0. The molecule has 0 aromatic rings. The molecule has 3 N–H and O–H groups in total. The van der Waals surface area contributed by atoms with Gasteiger partial charge in [-0.25, -0.2) is 0 Å². The van der Waals surface area contributed by atoms with E-state index in [1.165, 1.54) is 167 Å². The van der Waals surface area contributed by atoms with Crippen LogP contribution in [0.1, 0.15) is 271 Å². The van der Waals surface area contributed by atoms with E-state index in [0.29, 0.717) is 12.8 Å². The number of hydrogen-bond acceptors (Lipinski definition) is 5. The van der Waals surface area contributed by atoms with E-state index in [-0.39, 0.29) is 24.9 Å². The topological polar surface area (TPSA) is 95.9 Å². The number of carbonyl (C=O) groups is 2. The van der Waals surface area contributed by atoms with Crippen molar-refractivity contribution < 1.29 is 24.5 Å². The predicted octanol–water partition coefficient (Wildman–Crippen LogP) is 15.7. The molecular weight excluding hydrogens is 743 g/mol. The maximum Gasteiger partial charge on any atom is 0.306 e. The maximum atomic E-state index is 13.1. The van der Waals surface area contributed by atoms with Crippen molar-refractivity contribution in [1.82, 2.24) is 5.32 Å². The minimum atomic E-state index is -0.811. The van der Waals surface area contributed by atoms with Crippen LogP contribution in [0.15, 0.2) is 36.5 Å². The average Bonchev–Trinajstić information content (AvgIpc) is 3.24. The minimum Gasteiger partial charge on any atom is -0.458 e. The third-order valence-electron chi connectivity index (χ3n) is 11.9. The van der Waals surface area contributed by atoms with Gasteiger partial charge in [-0.3, -0.25) is 9.59 Å². The number of ether oxygens (including phenoxy) is 1. The van der Waals surface area contributed by atoms with Crippen LogP contribution in [0, 0.1) is 0 Å². The van der Waals surface area contributed by atoms with Crippen molar-refractivity contribution in [2.24, 2.45) is 0 Å². The highest BCUT2D eigenvalue weighted by atomic mass is 16.5. The molecule has 0 saturated carbocycles. The number of aliphatic hydroxyl groups is 2. The van der Waals surface area contributed by atoms with E-state index in [1.807, 2.05) is 12.2 Å². The van der Waals surface area contributed by atoms with Crippen LogP contribution in [-0.4, -0.2) is 46.9 Å². The number of aliphatic hydroxyl groups excluding tert-OH is 2. The Morgan fingerprint density at radius 2 is 0.883 bits per heavy atom. The van der Waals surface area contributed by atoms with E-state index in [1.54, 1.807) is 0 Å². The Morgan fingerprint density at radius 1 is 0.500 bits per heavy atom. The Morgan fingerprint density at radius 3 is 1.32 bits per heavy atom. The molecule has 6 heteroatoms. The minimum absolute atomic E-state index is 0.0323. The summed E-state index contributed by atoms with van der Waals surface area (Å²) in [5.41, 5.74) is 0. The molecule has 0 aliphatic rings. The van der Waals surface area contributed by atoms with E-state index in [4.69, 9.17) is 4.74 Å². The quantitative estimate of drug-likeness (QED) is 0.0322. The largest absolute Gasteiger partial charge is 0.458 e. The maximum absolute atomic E-state index is 13.1. The molecule has 3 atom stereocenters. The van der Waals surface area contributed by atoms with Crippen molar-refractivity contribution in [2.45, 2.75) is 289 Å². The van der Waals surface area contributed by atoms with Crippen LogP contribution < -0.4 is 5.32 Å². The molecule has 352 valence electrons. The third kappa shape index (κ3) is 42.8. The van der Waals surface area contributed by atoms with Gasteiger partial charge in [-0.15, -0.1) is 0 Å². The van der Waals surface area contributed by atoms with Gasteiger partial charge in [0.25, 0.3) is 0 Å². The van der Waals surface area contributed by atoms with E-state index < -0.39 is 18.2 Å². The van der Waals surface area contributed by atoms with Gasteiger partial charge in [0.2, 0.25) is 5.91 Å². The number of hydrogen-bond donors (Lipinski definition) is 3. The molecule has 0 aromatic heterocycles. The molecule has 0 saturated heterocycles. The van der Waals surface area contributed by atoms with E-state index in [0.717, 1.165) is 64.2 Å². The van der Waals surface area contributed by atoms with Crippen molar-refractivity contribution in [3.05, 3.63) is 36.5 Å². The average molecular weight is 844 g/mol. The molecule has 0 spiro atoms. The van der Waals surface area contributed by atoms with Gasteiger partial charge in [-0.2, -0.15) is 0 Å². The molecule has 0 heterocycles.